The zero-order valence-electron chi connectivity index (χ0n) is 11.9. The van der Waals surface area contributed by atoms with Crippen LogP contribution >= 0.6 is 0 Å². The Balaban J connectivity index is 2.24. The van der Waals surface area contributed by atoms with Crippen LogP contribution in [-0.4, -0.2) is 37.3 Å². The van der Waals surface area contributed by atoms with E-state index in [0.717, 1.165) is 18.4 Å². The zero-order valence-corrected chi connectivity index (χ0v) is 11.9. The van der Waals surface area contributed by atoms with E-state index in [2.05, 4.69) is 11.4 Å². The Kier molecular flexibility index (Phi) is 4.70. The molecule has 1 aromatic carbocycles. The molecule has 0 fully saturated rings. The van der Waals surface area contributed by atoms with Crippen LogP contribution in [0.15, 0.2) is 24.3 Å². The van der Waals surface area contributed by atoms with Crippen molar-refractivity contribution in [3.05, 3.63) is 35.4 Å². The highest BCUT2D eigenvalue weighted by Crippen LogP contribution is 2.34. The van der Waals surface area contributed by atoms with Gasteiger partial charge in [-0.1, -0.05) is 31.2 Å². The predicted molar refractivity (Wildman–Crippen MR) is 73.7 cm³/mol. The smallest absolute Gasteiger partial charge is 0.312 e. The first kappa shape index (κ1) is 15.3. The van der Waals surface area contributed by atoms with Gasteiger partial charge in [0.05, 0.1) is 6.54 Å². The van der Waals surface area contributed by atoms with E-state index < -0.39 is 12.7 Å². The molecule has 0 aromatic heterocycles. The fourth-order valence-electron chi connectivity index (χ4n) is 3.18. The van der Waals surface area contributed by atoms with E-state index in [-0.39, 0.29) is 12.1 Å². The molecule has 0 radical (unpaired) electrons. The van der Waals surface area contributed by atoms with Crippen molar-refractivity contribution in [2.24, 2.45) is 0 Å². The molecule has 0 amide bonds. The summed E-state index contributed by atoms with van der Waals surface area (Å²) in [7, 11) is 1.82. The molecule has 1 aliphatic carbocycles. The van der Waals surface area contributed by atoms with E-state index in [4.69, 9.17) is 0 Å². The van der Waals surface area contributed by atoms with Gasteiger partial charge in [-0.2, -0.15) is 13.2 Å². The molecule has 5 heteroatoms. The van der Waals surface area contributed by atoms with Gasteiger partial charge in [-0.3, -0.25) is 4.90 Å². The van der Waals surface area contributed by atoms with Crippen molar-refractivity contribution >= 4 is 0 Å². The highest BCUT2D eigenvalue weighted by atomic mass is 19.4. The van der Waals surface area contributed by atoms with Crippen molar-refractivity contribution in [3.63, 3.8) is 0 Å². The standard InChI is InChI=1S/C15H21F3N2/c1-3-20(10-15(16,17)18)13-9-8-11-6-4-5-7-12(11)14(13)19-2/h4-7,13-14,19H,3,8-10H2,1-2H3. The summed E-state index contributed by atoms with van der Waals surface area (Å²) < 4.78 is 38.1. The molecule has 2 atom stereocenters. The summed E-state index contributed by atoms with van der Waals surface area (Å²) >= 11 is 0. The monoisotopic (exact) mass is 286 g/mol. The SMILES string of the molecule is CCN(CC(F)(F)F)C1CCc2ccccc2C1NC. The van der Waals surface area contributed by atoms with E-state index in [1.54, 1.807) is 6.92 Å². The Morgan fingerprint density at radius 3 is 2.60 bits per heavy atom. The minimum absolute atomic E-state index is 0.0396. The molecule has 2 rings (SSSR count). The molecule has 1 N–H and O–H groups in total. The highest BCUT2D eigenvalue weighted by molar-refractivity contribution is 5.34. The van der Waals surface area contributed by atoms with Crippen molar-refractivity contribution < 1.29 is 13.2 Å². The number of hydrogen-bond donors (Lipinski definition) is 1. The highest BCUT2D eigenvalue weighted by Gasteiger charge is 2.38. The van der Waals surface area contributed by atoms with Crippen molar-refractivity contribution in [1.29, 1.82) is 0 Å². The van der Waals surface area contributed by atoms with Gasteiger partial charge in [0.15, 0.2) is 0 Å². The maximum absolute atomic E-state index is 12.7. The fraction of sp³-hybridized carbons (Fsp3) is 0.600. The van der Waals surface area contributed by atoms with Gasteiger partial charge >= 0.3 is 6.18 Å². The van der Waals surface area contributed by atoms with Crippen molar-refractivity contribution in [1.82, 2.24) is 10.2 Å². The molecule has 2 unspecified atom stereocenters. The summed E-state index contributed by atoms with van der Waals surface area (Å²) in [5, 5.41) is 3.20. The number of halogens is 3. The van der Waals surface area contributed by atoms with Gasteiger partial charge in [0, 0.05) is 12.1 Å². The Hall–Kier alpha value is -1.07. The summed E-state index contributed by atoms with van der Waals surface area (Å²) in [5.74, 6) is 0. The molecule has 0 heterocycles. The molecule has 2 nitrogen and oxygen atoms in total. The molecule has 20 heavy (non-hydrogen) atoms. The topological polar surface area (TPSA) is 15.3 Å². The third-order valence-corrected chi connectivity index (χ3v) is 4.05. The summed E-state index contributed by atoms with van der Waals surface area (Å²) in [4.78, 5) is 1.54. The summed E-state index contributed by atoms with van der Waals surface area (Å²) in [6, 6.07) is 7.87. The van der Waals surface area contributed by atoms with Crippen LogP contribution in [0.5, 0.6) is 0 Å². The maximum atomic E-state index is 12.7. The largest absolute Gasteiger partial charge is 0.401 e. The van der Waals surface area contributed by atoms with Gasteiger partial charge in [-0.15, -0.1) is 0 Å². The average Bonchev–Trinajstić information content (AvgIpc) is 2.42. The number of alkyl halides is 3. The number of fused-ring (bicyclic) bond motifs is 1. The first-order chi connectivity index (χ1) is 9.46. The summed E-state index contributed by atoms with van der Waals surface area (Å²) in [6.45, 7) is 1.36. The second-order valence-electron chi connectivity index (χ2n) is 5.25. The van der Waals surface area contributed by atoms with E-state index in [0.29, 0.717) is 6.54 Å². The lowest BCUT2D eigenvalue weighted by Crippen LogP contribution is -2.49. The predicted octanol–water partition coefficient (Wildman–Crippen LogP) is 3.15. The number of rotatable bonds is 4. The quantitative estimate of drug-likeness (QED) is 0.914. The van der Waals surface area contributed by atoms with E-state index in [1.165, 1.54) is 10.5 Å². The number of likely N-dealkylation sites (N-methyl/N-ethyl adjacent to an activating group) is 2. The molecule has 0 saturated heterocycles. The van der Waals surface area contributed by atoms with Gasteiger partial charge in [0.25, 0.3) is 0 Å². The van der Waals surface area contributed by atoms with Gasteiger partial charge in [-0.05, 0) is 37.6 Å². The van der Waals surface area contributed by atoms with Gasteiger partial charge in [0.1, 0.15) is 0 Å². The van der Waals surface area contributed by atoms with Crippen LogP contribution in [0.3, 0.4) is 0 Å². The van der Waals surface area contributed by atoms with E-state index in [1.807, 2.05) is 25.2 Å². The maximum Gasteiger partial charge on any atom is 0.401 e. The zero-order chi connectivity index (χ0) is 14.8. The van der Waals surface area contributed by atoms with Crippen LogP contribution in [0.2, 0.25) is 0 Å². The lowest BCUT2D eigenvalue weighted by molar-refractivity contribution is -0.152. The second kappa shape index (κ2) is 6.14. The Bertz CT molecular complexity index is 445. The number of nitrogens with zero attached hydrogens (tertiary/aromatic N) is 1. The van der Waals surface area contributed by atoms with Crippen LogP contribution in [0, 0.1) is 0 Å². The van der Waals surface area contributed by atoms with E-state index in [9.17, 15) is 13.2 Å². The molecule has 0 aliphatic heterocycles. The molecular weight excluding hydrogens is 265 g/mol. The van der Waals surface area contributed by atoms with Gasteiger partial charge < -0.3 is 5.32 Å². The lowest BCUT2D eigenvalue weighted by atomic mass is 9.83. The number of nitrogens with one attached hydrogen (secondary N) is 1. The van der Waals surface area contributed by atoms with Crippen LogP contribution in [0.25, 0.3) is 0 Å². The number of hydrogen-bond acceptors (Lipinski definition) is 2. The third-order valence-electron chi connectivity index (χ3n) is 4.05. The van der Waals surface area contributed by atoms with Crippen molar-refractivity contribution in [3.8, 4) is 0 Å². The minimum atomic E-state index is -4.15. The van der Waals surface area contributed by atoms with Crippen molar-refractivity contribution in [2.75, 3.05) is 20.1 Å². The van der Waals surface area contributed by atoms with Gasteiger partial charge in [0.2, 0.25) is 0 Å². The second-order valence-corrected chi connectivity index (χ2v) is 5.25. The number of benzene rings is 1. The normalized spacial score (nSPS) is 22.9. The minimum Gasteiger partial charge on any atom is -0.312 e. The Morgan fingerprint density at radius 1 is 1.30 bits per heavy atom. The van der Waals surface area contributed by atoms with Gasteiger partial charge in [-0.25, -0.2) is 0 Å². The van der Waals surface area contributed by atoms with Crippen LogP contribution in [0.1, 0.15) is 30.5 Å². The molecular formula is C15H21F3N2. The molecule has 112 valence electrons. The average molecular weight is 286 g/mol. The fourth-order valence-corrected chi connectivity index (χ4v) is 3.18. The van der Waals surface area contributed by atoms with E-state index >= 15 is 0 Å². The first-order valence-corrected chi connectivity index (χ1v) is 7.02. The Morgan fingerprint density at radius 2 is 2.00 bits per heavy atom. The number of aryl methyl sites for hydroxylation is 1. The summed E-state index contributed by atoms with van der Waals surface area (Å²) in [5.41, 5.74) is 2.37. The van der Waals surface area contributed by atoms with Crippen LogP contribution in [0.4, 0.5) is 13.2 Å². The van der Waals surface area contributed by atoms with Crippen molar-refractivity contribution in [2.45, 2.75) is 38.0 Å². The molecule has 0 spiro atoms. The van der Waals surface area contributed by atoms with Crippen LogP contribution < -0.4 is 5.32 Å². The molecule has 1 aliphatic rings. The first-order valence-electron chi connectivity index (χ1n) is 7.02. The van der Waals surface area contributed by atoms with Crippen LogP contribution in [-0.2, 0) is 6.42 Å². The molecule has 1 aromatic rings. The lowest BCUT2D eigenvalue weighted by Gasteiger charge is -2.40. The molecule has 0 saturated carbocycles. The third kappa shape index (κ3) is 3.33. The summed E-state index contributed by atoms with van der Waals surface area (Å²) in [6.07, 6.45) is -2.55. The molecule has 0 bridgehead atoms. The Labute approximate surface area is 118 Å².